The van der Waals surface area contributed by atoms with Gasteiger partial charge in [0.2, 0.25) is 0 Å². The van der Waals surface area contributed by atoms with Crippen LogP contribution in [-0.2, 0) is 6.61 Å². The Hall–Kier alpha value is -1.81. The lowest BCUT2D eigenvalue weighted by atomic mass is 10.1. The van der Waals surface area contributed by atoms with Crippen LogP contribution in [0.25, 0.3) is 0 Å². The Labute approximate surface area is 132 Å². The number of aryl methyl sites for hydroxylation is 3. The number of hydrogen-bond donors (Lipinski definition) is 1. The van der Waals surface area contributed by atoms with E-state index in [-0.39, 0.29) is 5.56 Å². The maximum absolute atomic E-state index is 10.9. The van der Waals surface area contributed by atoms with E-state index in [1.54, 1.807) is 18.2 Å². The molecule has 0 spiro atoms. The molecule has 3 nitrogen and oxygen atoms in total. The standard InChI is InChI=1S/C17H17BrO3/c1-10-6-11(2)16(12(3)7-10)21-9-14-5-4-13(17(19)20)8-15(14)18/h4-8H,9H2,1-3H3,(H,19,20). The Morgan fingerprint density at radius 1 is 1.14 bits per heavy atom. The fourth-order valence-electron chi connectivity index (χ4n) is 2.34. The zero-order chi connectivity index (χ0) is 15.6. The monoisotopic (exact) mass is 348 g/mol. The molecule has 0 saturated heterocycles. The summed E-state index contributed by atoms with van der Waals surface area (Å²) in [4.78, 5) is 10.9. The maximum atomic E-state index is 10.9. The van der Waals surface area contributed by atoms with Crippen molar-refractivity contribution < 1.29 is 14.6 Å². The Morgan fingerprint density at radius 3 is 2.29 bits per heavy atom. The quantitative estimate of drug-likeness (QED) is 0.874. The molecule has 21 heavy (non-hydrogen) atoms. The fourth-order valence-corrected chi connectivity index (χ4v) is 2.84. The van der Waals surface area contributed by atoms with E-state index in [4.69, 9.17) is 9.84 Å². The molecule has 110 valence electrons. The zero-order valence-corrected chi connectivity index (χ0v) is 13.8. The zero-order valence-electron chi connectivity index (χ0n) is 12.2. The number of benzene rings is 2. The van der Waals surface area contributed by atoms with Gasteiger partial charge in [-0.3, -0.25) is 0 Å². The molecule has 0 amide bonds. The van der Waals surface area contributed by atoms with E-state index < -0.39 is 5.97 Å². The van der Waals surface area contributed by atoms with E-state index in [9.17, 15) is 4.79 Å². The lowest BCUT2D eigenvalue weighted by molar-refractivity contribution is 0.0696. The van der Waals surface area contributed by atoms with Gasteiger partial charge in [-0.1, -0.05) is 39.7 Å². The molecule has 0 fully saturated rings. The summed E-state index contributed by atoms with van der Waals surface area (Å²) in [7, 11) is 0. The van der Waals surface area contributed by atoms with Gasteiger partial charge in [0.1, 0.15) is 12.4 Å². The molecule has 0 aromatic heterocycles. The third-order valence-corrected chi connectivity index (χ3v) is 4.01. The number of aromatic carboxylic acids is 1. The Bertz CT molecular complexity index is 669. The molecule has 0 atom stereocenters. The topological polar surface area (TPSA) is 46.5 Å². The van der Waals surface area contributed by atoms with E-state index >= 15 is 0 Å². The molecule has 0 heterocycles. The van der Waals surface area contributed by atoms with Crippen LogP contribution in [0.5, 0.6) is 5.75 Å². The van der Waals surface area contributed by atoms with E-state index in [1.165, 1.54) is 5.56 Å². The van der Waals surface area contributed by atoms with Crippen molar-refractivity contribution in [1.82, 2.24) is 0 Å². The molecule has 0 aliphatic heterocycles. The summed E-state index contributed by atoms with van der Waals surface area (Å²) in [6, 6.07) is 9.12. The molecule has 2 rings (SSSR count). The van der Waals surface area contributed by atoms with Gasteiger partial charge < -0.3 is 9.84 Å². The van der Waals surface area contributed by atoms with Crippen molar-refractivity contribution in [2.75, 3.05) is 0 Å². The minimum atomic E-state index is -0.937. The summed E-state index contributed by atoms with van der Waals surface area (Å²) in [5.74, 6) is -0.0526. The molecule has 4 heteroatoms. The van der Waals surface area contributed by atoms with Crippen LogP contribution in [0.15, 0.2) is 34.8 Å². The first-order chi connectivity index (χ1) is 9.88. The number of carboxylic acids is 1. The third kappa shape index (κ3) is 3.64. The van der Waals surface area contributed by atoms with Gasteiger partial charge in [-0.2, -0.15) is 0 Å². The number of halogens is 1. The van der Waals surface area contributed by atoms with Gasteiger partial charge in [0.15, 0.2) is 0 Å². The Kier molecular flexibility index (Phi) is 4.68. The van der Waals surface area contributed by atoms with Gasteiger partial charge in [0.25, 0.3) is 0 Å². The molecule has 2 aromatic carbocycles. The fraction of sp³-hybridized carbons (Fsp3) is 0.235. The smallest absolute Gasteiger partial charge is 0.335 e. The average Bonchev–Trinajstić information content (AvgIpc) is 2.38. The molecular weight excluding hydrogens is 332 g/mol. The van der Waals surface area contributed by atoms with Crippen molar-refractivity contribution in [2.24, 2.45) is 0 Å². The van der Waals surface area contributed by atoms with Gasteiger partial charge >= 0.3 is 5.97 Å². The van der Waals surface area contributed by atoms with Crippen LogP contribution >= 0.6 is 15.9 Å². The number of carbonyl (C=O) groups is 1. The van der Waals surface area contributed by atoms with Crippen molar-refractivity contribution in [1.29, 1.82) is 0 Å². The molecule has 0 bridgehead atoms. The van der Waals surface area contributed by atoms with Crippen LogP contribution in [0.3, 0.4) is 0 Å². The highest BCUT2D eigenvalue weighted by molar-refractivity contribution is 9.10. The largest absolute Gasteiger partial charge is 0.488 e. The van der Waals surface area contributed by atoms with Gasteiger partial charge in [-0.25, -0.2) is 4.79 Å². The minimum Gasteiger partial charge on any atom is -0.488 e. The van der Waals surface area contributed by atoms with E-state index in [1.807, 2.05) is 13.8 Å². The van der Waals surface area contributed by atoms with E-state index in [0.717, 1.165) is 26.9 Å². The first kappa shape index (κ1) is 15.6. The highest BCUT2D eigenvalue weighted by Crippen LogP contribution is 2.27. The summed E-state index contributed by atoms with van der Waals surface area (Å²) in [6.45, 7) is 6.51. The molecule has 0 unspecified atom stereocenters. The Morgan fingerprint density at radius 2 is 1.76 bits per heavy atom. The van der Waals surface area contributed by atoms with Crippen LogP contribution in [0.4, 0.5) is 0 Å². The number of hydrogen-bond acceptors (Lipinski definition) is 2. The van der Waals surface area contributed by atoms with Gasteiger partial charge in [0, 0.05) is 10.0 Å². The average molecular weight is 349 g/mol. The van der Waals surface area contributed by atoms with Crippen LogP contribution in [0, 0.1) is 20.8 Å². The molecule has 2 aromatic rings. The summed E-state index contributed by atoms with van der Waals surface area (Å²) >= 11 is 3.39. The van der Waals surface area contributed by atoms with Gasteiger partial charge in [-0.05, 0) is 44.0 Å². The van der Waals surface area contributed by atoms with Crippen molar-refractivity contribution in [2.45, 2.75) is 27.4 Å². The molecule has 0 aliphatic rings. The van der Waals surface area contributed by atoms with Crippen LogP contribution < -0.4 is 4.74 Å². The first-order valence-electron chi connectivity index (χ1n) is 6.61. The summed E-state index contributed by atoms with van der Waals surface area (Å²) in [5.41, 5.74) is 4.59. The first-order valence-corrected chi connectivity index (χ1v) is 7.40. The molecule has 0 aliphatic carbocycles. The maximum Gasteiger partial charge on any atom is 0.335 e. The molecule has 1 N–H and O–H groups in total. The van der Waals surface area contributed by atoms with E-state index in [0.29, 0.717) is 6.61 Å². The number of rotatable bonds is 4. The van der Waals surface area contributed by atoms with Gasteiger partial charge in [0.05, 0.1) is 5.56 Å². The predicted octanol–water partition coefficient (Wildman–Crippen LogP) is 4.65. The van der Waals surface area contributed by atoms with Crippen molar-refractivity contribution in [3.05, 3.63) is 62.6 Å². The molecule has 0 saturated carbocycles. The lowest BCUT2D eigenvalue weighted by Crippen LogP contribution is -2.02. The van der Waals surface area contributed by atoms with Crippen LogP contribution in [0.2, 0.25) is 0 Å². The molecular formula is C17H17BrO3. The van der Waals surface area contributed by atoms with E-state index in [2.05, 4.69) is 35.0 Å². The number of ether oxygens (including phenoxy) is 1. The van der Waals surface area contributed by atoms with Crippen molar-refractivity contribution in [3.63, 3.8) is 0 Å². The SMILES string of the molecule is Cc1cc(C)c(OCc2ccc(C(=O)O)cc2Br)c(C)c1. The van der Waals surface area contributed by atoms with Gasteiger partial charge in [-0.15, -0.1) is 0 Å². The Balaban J connectivity index is 2.19. The van der Waals surface area contributed by atoms with Crippen LogP contribution in [-0.4, -0.2) is 11.1 Å². The van der Waals surface area contributed by atoms with Crippen LogP contribution in [0.1, 0.15) is 32.6 Å². The summed E-state index contributed by atoms with van der Waals surface area (Å²) in [5, 5.41) is 8.95. The second kappa shape index (κ2) is 6.31. The summed E-state index contributed by atoms with van der Waals surface area (Å²) in [6.07, 6.45) is 0. The normalized spacial score (nSPS) is 10.5. The summed E-state index contributed by atoms with van der Waals surface area (Å²) < 4.78 is 6.65. The highest BCUT2D eigenvalue weighted by atomic mass is 79.9. The number of carboxylic acid groups (broad SMARTS) is 1. The third-order valence-electron chi connectivity index (χ3n) is 3.28. The van der Waals surface area contributed by atoms with Crippen molar-refractivity contribution >= 4 is 21.9 Å². The van der Waals surface area contributed by atoms with Crippen molar-refractivity contribution in [3.8, 4) is 5.75 Å². The highest BCUT2D eigenvalue weighted by Gasteiger charge is 2.09. The molecule has 0 radical (unpaired) electrons. The second-order valence-corrected chi connectivity index (χ2v) is 5.98. The minimum absolute atomic E-state index is 0.258. The second-order valence-electron chi connectivity index (χ2n) is 5.13. The lowest BCUT2D eigenvalue weighted by Gasteiger charge is -2.14. The predicted molar refractivity (Wildman–Crippen MR) is 86.1 cm³/mol.